The number of methoxy groups -OCH3 is 1. The summed E-state index contributed by atoms with van der Waals surface area (Å²) in [6, 6.07) is 15.7. The smallest absolute Gasteiger partial charge is 0.220 e. The fourth-order valence-electron chi connectivity index (χ4n) is 2.37. The number of nitrogens with one attached hydrogen (secondary N) is 1. The molecule has 0 bridgehead atoms. The van der Waals surface area contributed by atoms with E-state index in [9.17, 15) is 4.79 Å². The zero-order valence-corrected chi connectivity index (χ0v) is 14.4. The van der Waals surface area contributed by atoms with Gasteiger partial charge in [-0.05, 0) is 37.1 Å². The average Bonchev–Trinajstić information content (AvgIpc) is 2.53. The molecule has 0 spiro atoms. The van der Waals surface area contributed by atoms with Crippen LogP contribution in [0.2, 0.25) is 0 Å². The van der Waals surface area contributed by atoms with Gasteiger partial charge in [0.25, 0.3) is 0 Å². The SMILES string of the molecule is COc1ccccc1C(C)NC(=O)CCc1cccc(Br)c1. The summed E-state index contributed by atoms with van der Waals surface area (Å²) in [7, 11) is 1.64. The van der Waals surface area contributed by atoms with Crippen LogP contribution in [0.4, 0.5) is 0 Å². The lowest BCUT2D eigenvalue weighted by Crippen LogP contribution is -2.27. The second kappa shape index (κ2) is 7.99. The second-order valence-electron chi connectivity index (χ2n) is 5.16. The third kappa shape index (κ3) is 4.60. The molecule has 0 aromatic heterocycles. The van der Waals surface area contributed by atoms with Crippen LogP contribution in [-0.4, -0.2) is 13.0 Å². The number of benzene rings is 2. The minimum Gasteiger partial charge on any atom is -0.496 e. The van der Waals surface area contributed by atoms with Crippen molar-refractivity contribution in [3.8, 4) is 5.75 Å². The molecule has 1 N–H and O–H groups in total. The fraction of sp³-hybridized carbons (Fsp3) is 0.278. The van der Waals surface area contributed by atoms with Gasteiger partial charge in [-0.25, -0.2) is 0 Å². The molecule has 0 aliphatic heterocycles. The van der Waals surface area contributed by atoms with Gasteiger partial charge in [-0.15, -0.1) is 0 Å². The first-order chi connectivity index (χ1) is 10.6. The molecule has 4 heteroatoms. The van der Waals surface area contributed by atoms with Gasteiger partial charge in [-0.1, -0.05) is 46.3 Å². The Morgan fingerprint density at radius 2 is 2.00 bits per heavy atom. The van der Waals surface area contributed by atoms with Crippen LogP contribution in [0.15, 0.2) is 53.0 Å². The van der Waals surface area contributed by atoms with Crippen LogP contribution in [0.5, 0.6) is 5.75 Å². The minimum atomic E-state index is -0.0776. The largest absolute Gasteiger partial charge is 0.496 e. The molecule has 2 aromatic carbocycles. The Bertz CT molecular complexity index is 642. The Morgan fingerprint density at radius 1 is 1.23 bits per heavy atom. The summed E-state index contributed by atoms with van der Waals surface area (Å²) in [5.74, 6) is 0.834. The molecule has 22 heavy (non-hydrogen) atoms. The summed E-state index contributed by atoms with van der Waals surface area (Å²) in [5.41, 5.74) is 2.13. The number of aryl methyl sites for hydroxylation is 1. The monoisotopic (exact) mass is 361 g/mol. The number of hydrogen-bond acceptors (Lipinski definition) is 2. The van der Waals surface area contributed by atoms with Gasteiger partial charge in [-0.2, -0.15) is 0 Å². The first-order valence-electron chi connectivity index (χ1n) is 7.27. The van der Waals surface area contributed by atoms with Gasteiger partial charge >= 0.3 is 0 Å². The van der Waals surface area contributed by atoms with Crippen molar-refractivity contribution >= 4 is 21.8 Å². The molecule has 3 nitrogen and oxygen atoms in total. The topological polar surface area (TPSA) is 38.3 Å². The van der Waals surface area contributed by atoms with E-state index < -0.39 is 0 Å². The lowest BCUT2D eigenvalue weighted by atomic mass is 10.1. The highest BCUT2D eigenvalue weighted by Gasteiger charge is 2.13. The van der Waals surface area contributed by atoms with Crippen molar-refractivity contribution in [3.05, 3.63) is 64.1 Å². The molecule has 0 radical (unpaired) electrons. The van der Waals surface area contributed by atoms with Gasteiger partial charge in [0.1, 0.15) is 5.75 Å². The summed E-state index contributed by atoms with van der Waals surface area (Å²) >= 11 is 3.44. The van der Waals surface area contributed by atoms with Crippen LogP contribution in [0.1, 0.15) is 30.5 Å². The van der Waals surface area contributed by atoms with Crippen LogP contribution in [-0.2, 0) is 11.2 Å². The van der Waals surface area contributed by atoms with Gasteiger partial charge in [-0.3, -0.25) is 4.79 Å². The molecule has 0 saturated carbocycles. The van der Waals surface area contributed by atoms with Crippen LogP contribution >= 0.6 is 15.9 Å². The zero-order chi connectivity index (χ0) is 15.9. The Kier molecular flexibility index (Phi) is 6.01. The van der Waals surface area contributed by atoms with E-state index in [1.165, 1.54) is 0 Å². The number of hydrogen-bond donors (Lipinski definition) is 1. The van der Waals surface area contributed by atoms with Crippen LogP contribution in [0, 0.1) is 0 Å². The zero-order valence-electron chi connectivity index (χ0n) is 12.8. The van der Waals surface area contributed by atoms with Crippen molar-refractivity contribution in [2.45, 2.75) is 25.8 Å². The van der Waals surface area contributed by atoms with E-state index in [1.54, 1.807) is 7.11 Å². The van der Waals surface area contributed by atoms with E-state index in [-0.39, 0.29) is 11.9 Å². The summed E-state index contributed by atoms with van der Waals surface area (Å²) in [5, 5.41) is 3.03. The molecule has 2 rings (SSSR count). The third-order valence-corrected chi connectivity index (χ3v) is 4.01. The summed E-state index contributed by atoms with van der Waals surface area (Å²) < 4.78 is 6.37. The molecular formula is C18H20BrNO2. The molecule has 116 valence electrons. The molecule has 1 amide bonds. The highest BCUT2D eigenvalue weighted by Crippen LogP contribution is 2.24. The van der Waals surface area contributed by atoms with Crippen molar-refractivity contribution in [3.63, 3.8) is 0 Å². The van der Waals surface area contributed by atoms with E-state index in [1.807, 2.05) is 55.5 Å². The van der Waals surface area contributed by atoms with Gasteiger partial charge in [0.2, 0.25) is 5.91 Å². The van der Waals surface area contributed by atoms with Crippen molar-refractivity contribution in [2.75, 3.05) is 7.11 Å². The van der Waals surface area contributed by atoms with Gasteiger partial charge < -0.3 is 10.1 Å². The lowest BCUT2D eigenvalue weighted by molar-refractivity contribution is -0.121. The van der Waals surface area contributed by atoms with E-state index in [0.717, 1.165) is 27.8 Å². The van der Waals surface area contributed by atoms with Crippen molar-refractivity contribution in [1.29, 1.82) is 0 Å². The van der Waals surface area contributed by atoms with Crippen molar-refractivity contribution in [2.24, 2.45) is 0 Å². The maximum Gasteiger partial charge on any atom is 0.220 e. The predicted octanol–water partition coefficient (Wildman–Crippen LogP) is 4.27. The molecular weight excluding hydrogens is 342 g/mol. The molecule has 0 heterocycles. The predicted molar refractivity (Wildman–Crippen MR) is 92.0 cm³/mol. The number of halogens is 1. The average molecular weight is 362 g/mol. The Balaban J connectivity index is 1.91. The molecule has 0 saturated heterocycles. The standard InChI is InChI=1S/C18H20BrNO2/c1-13(16-8-3-4-9-17(16)22-2)20-18(21)11-10-14-6-5-7-15(19)12-14/h3-9,12-13H,10-11H2,1-2H3,(H,20,21). The molecule has 0 aliphatic carbocycles. The fourth-order valence-corrected chi connectivity index (χ4v) is 2.81. The Morgan fingerprint density at radius 3 is 2.73 bits per heavy atom. The summed E-state index contributed by atoms with van der Waals surface area (Å²) in [4.78, 5) is 12.1. The molecule has 1 unspecified atom stereocenters. The third-order valence-electron chi connectivity index (χ3n) is 3.51. The Hall–Kier alpha value is -1.81. The maximum absolute atomic E-state index is 12.1. The van der Waals surface area contributed by atoms with Crippen molar-refractivity contribution < 1.29 is 9.53 Å². The normalized spacial score (nSPS) is 11.8. The number of ether oxygens (including phenoxy) is 1. The second-order valence-corrected chi connectivity index (χ2v) is 6.08. The number of rotatable bonds is 6. The lowest BCUT2D eigenvalue weighted by Gasteiger charge is -2.17. The highest BCUT2D eigenvalue weighted by atomic mass is 79.9. The van der Waals surface area contributed by atoms with E-state index in [2.05, 4.69) is 21.2 Å². The first-order valence-corrected chi connectivity index (χ1v) is 8.06. The quantitative estimate of drug-likeness (QED) is 0.834. The van der Waals surface area contributed by atoms with Crippen molar-refractivity contribution in [1.82, 2.24) is 5.32 Å². The van der Waals surface area contributed by atoms with Gasteiger partial charge in [0, 0.05) is 16.5 Å². The van der Waals surface area contributed by atoms with E-state index in [0.29, 0.717) is 6.42 Å². The molecule has 2 aromatic rings. The van der Waals surface area contributed by atoms with Gasteiger partial charge in [0.15, 0.2) is 0 Å². The van der Waals surface area contributed by atoms with Crippen LogP contribution in [0.25, 0.3) is 0 Å². The maximum atomic E-state index is 12.1. The van der Waals surface area contributed by atoms with Gasteiger partial charge in [0.05, 0.1) is 13.2 Å². The van der Waals surface area contributed by atoms with Crippen LogP contribution < -0.4 is 10.1 Å². The Labute approximate surface area is 139 Å². The van der Waals surface area contributed by atoms with E-state index >= 15 is 0 Å². The number of para-hydroxylation sites is 1. The summed E-state index contributed by atoms with van der Waals surface area (Å²) in [6.45, 7) is 1.97. The molecule has 0 fully saturated rings. The highest BCUT2D eigenvalue weighted by molar-refractivity contribution is 9.10. The van der Waals surface area contributed by atoms with Crippen LogP contribution in [0.3, 0.4) is 0 Å². The number of carbonyl (C=O) groups excluding carboxylic acids is 1. The summed E-state index contributed by atoms with van der Waals surface area (Å²) in [6.07, 6.45) is 1.19. The molecule has 1 atom stereocenters. The van der Waals surface area contributed by atoms with E-state index in [4.69, 9.17) is 4.74 Å². The first kappa shape index (κ1) is 16.6. The molecule has 0 aliphatic rings. The minimum absolute atomic E-state index is 0.0402. The number of amides is 1. The number of carbonyl (C=O) groups is 1.